The molecule has 0 spiro atoms. The van der Waals surface area contributed by atoms with Crippen molar-refractivity contribution in [2.24, 2.45) is 5.16 Å². The van der Waals surface area contributed by atoms with Crippen LogP contribution in [-0.2, 0) is 0 Å². The van der Waals surface area contributed by atoms with Crippen molar-refractivity contribution in [2.45, 2.75) is 0 Å². The largest absolute Gasteiger partial charge is 0.507 e. The van der Waals surface area contributed by atoms with Crippen molar-refractivity contribution in [1.29, 1.82) is 0 Å². The van der Waals surface area contributed by atoms with Crippen LogP contribution < -0.4 is 0 Å². The molecular formula is C11H9NO2. The van der Waals surface area contributed by atoms with Gasteiger partial charge in [0.05, 0.1) is 6.21 Å². The molecule has 3 nitrogen and oxygen atoms in total. The van der Waals surface area contributed by atoms with E-state index in [2.05, 4.69) is 5.16 Å². The molecule has 0 saturated carbocycles. The smallest absolute Gasteiger partial charge is 0.123 e. The number of phenolic OH excluding ortho intramolecular Hbond substituents is 1. The Bertz CT molecular complexity index is 492. The minimum Gasteiger partial charge on any atom is -0.507 e. The molecule has 3 heteroatoms. The minimum absolute atomic E-state index is 0.232. The van der Waals surface area contributed by atoms with Crippen LogP contribution in [0.3, 0.4) is 0 Å². The van der Waals surface area contributed by atoms with Gasteiger partial charge in [-0.25, -0.2) is 0 Å². The standard InChI is InChI=1S/C11H9NO2/c13-11-6-5-8(7-12-14)9-3-1-2-4-10(9)11/h1-7,13-14H/b12-7+. The summed E-state index contributed by atoms with van der Waals surface area (Å²) in [4.78, 5) is 0. The number of benzene rings is 2. The molecule has 0 bridgehead atoms. The lowest BCUT2D eigenvalue weighted by atomic mass is 10.0. The van der Waals surface area contributed by atoms with Crippen LogP contribution in [0, 0.1) is 0 Å². The first kappa shape index (κ1) is 8.56. The zero-order chi connectivity index (χ0) is 9.97. The van der Waals surface area contributed by atoms with E-state index in [1.165, 1.54) is 6.21 Å². The third kappa shape index (κ3) is 1.29. The third-order valence-electron chi connectivity index (χ3n) is 2.13. The predicted molar refractivity (Wildman–Crippen MR) is 55.0 cm³/mol. The molecule has 2 aromatic carbocycles. The normalized spacial score (nSPS) is 11.1. The molecule has 2 N–H and O–H groups in total. The Hall–Kier alpha value is -2.03. The summed E-state index contributed by atoms with van der Waals surface area (Å²) < 4.78 is 0. The molecule has 0 amide bonds. The summed E-state index contributed by atoms with van der Waals surface area (Å²) in [6.07, 6.45) is 1.35. The summed E-state index contributed by atoms with van der Waals surface area (Å²) >= 11 is 0. The number of oxime groups is 1. The van der Waals surface area contributed by atoms with E-state index in [0.29, 0.717) is 0 Å². The van der Waals surface area contributed by atoms with Gasteiger partial charge in [0.25, 0.3) is 0 Å². The topological polar surface area (TPSA) is 52.8 Å². The van der Waals surface area contributed by atoms with Gasteiger partial charge >= 0.3 is 0 Å². The third-order valence-corrected chi connectivity index (χ3v) is 2.13. The number of nitrogens with zero attached hydrogens (tertiary/aromatic N) is 1. The molecule has 0 saturated heterocycles. The van der Waals surface area contributed by atoms with Crippen LogP contribution in [0.5, 0.6) is 5.75 Å². The van der Waals surface area contributed by atoms with Gasteiger partial charge in [0.1, 0.15) is 5.75 Å². The average Bonchev–Trinajstić information content (AvgIpc) is 2.23. The molecule has 0 aliphatic carbocycles. The van der Waals surface area contributed by atoms with Gasteiger partial charge in [0, 0.05) is 10.9 Å². The van der Waals surface area contributed by atoms with Crippen LogP contribution in [-0.4, -0.2) is 16.5 Å². The maximum Gasteiger partial charge on any atom is 0.123 e. The van der Waals surface area contributed by atoms with E-state index in [1.807, 2.05) is 24.3 Å². The van der Waals surface area contributed by atoms with E-state index < -0.39 is 0 Å². The Morgan fingerprint density at radius 2 is 1.71 bits per heavy atom. The molecule has 14 heavy (non-hydrogen) atoms. The summed E-state index contributed by atoms with van der Waals surface area (Å²) in [6, 6.07) is 10.7. The number of rotatable bonds is 1. The number of aromatic hydroxyl groups is 1. The maximum absolute atomic E-state index is 9.56. The van der Waals surface area contributed by atoms with Crippen LogP contribution >= 0.6 is 0 Å². The highest BCUT2D eigenvalue weighted by Crippen LogP contribution is 2.26. The van der Waals surface area contributed by atoms with Crippen molar-refractivity contribution in [1.82, 2.24) is 0 Å². The molecule has 2 rings (SSSR count). The first-order valence-corrected chi connectivity index (χ1v) is 4.21. The molecule has 2 aromatic rings. The fourth-order valence-corrected chi connectivity index (χ4v) is 1.48. The highest BCUT2D eigenvalue weighted by atomic mass is 16.4. The van der Waals surface area contributed by atoms with Gasteiger partial charge in [-0.1, -0.05) is 29.4 Å². The van der Waals surface area contributed by atoms with Gasteiger partial charge < -0.3 is 10.3 Å². The van der Waals surface area contributed by atoms with E-state index in [1.54, 1.807) is 12.1 Å². The zero-order valence-electron chi connectivity index (χ0n) is 7.38. The van der Waals surface area contributed by atoms with Gasteiger partial charge in [-0.2, -0.15) is 0 Å². The minimum atomic E-state index is 0.232. The summed E-state index contributed by atoms with van der Waals surface area (Å²) in [6.45, 7) is 0. The Kier molecular flexibility index (Phi) is 2.07. The molecule has 0 fully saturated rings. The summed E-state index contributed by atoms with van der Waals surface area (Å²) in [5.74, 6) is 0.232. The number of phenols is 1. The maximum atomic E-state index is 9.56. The van der Waals surface area contributed by atoms with Gasteiger partial charge in [-0.05, 0) is 17.5 Å². The van der Waals surface area contributed by atoms with E-state index in [4.69, 9.17) is 5.21 Å². The Balaban J connectivity index is 2.81. The summed E-state index contributed by atoms with van der Waals surface area (Å²) in [5.41, 5.74) is 0.779. The lowest BCUT2D eigenvalue weighted by molar-refractivity contribution is 0.322. The molecule has 0 heterocycles. The van der Waals surface area contributed by atoms with Crippen molar-refractivity contribution >= 4 is 17.0 Å². The van der Waals surface area contributed by atoms with E-state index in [9.17, 15) is 5.11 Å². The molecule has 0 aliphatic heterocycles. The molecule has 0 aromatic heterocycles. The van der Waals surface area contributed by atoms with E-state index in [-0.39, 0.29) is 5.75 Å². The van der Waals surface area contributed by atoms with Gasteiger partial charge in [-0.15, -0.1) is 0 Å². The van der Waals surface area contributed by atoms with Crippen LogP contribution in [0.4, 0.5) is 0 Å². The molecule has 0 radical (unpaired) electrons. The molecular weight excluding hydrogens is 178 g/mol. The number of hydrogen-bond acceptors (Lipinski definition) is 3. The fraction of sp³-hybridized carbons (Fsp3) is 0. The zero-order valence-corrected chi connectivity index (χ0v) is 7.38. The van der Waals surface area contributed by atoms with Crippen LogP contribution in [0.2, 0.25) is 0 Å². The molecule has 70 valence electrons. The molecule has 0 aliphatic rings. The van der Waals surface area contributed by atoms with Crippen molar-refractivity contribution in [3.63, 3.8) is 0 Å². The van der Waals surface area contributed by atoms with Crippen LogP contribution in [0.25, 0.3) is 10.8 Å². The highest BCUT2D eigenvalue weighted by molar-refractivity contribution is 6.01. The van der Waals surface area contributed by atoms with Crippen molar-refractivity contribution < 1.29 is 10.3 Å². The van der Waals surface area contributed by atoms with E-state index in [0.717, 1.165) is 16.3 Å². The predicted octanol–water partition coefficient (Wildman–Crippen LogP) is 2.35. The Labute approximate surface area is 80.9 Å². The van der Waals surface area contributed by atoms with Gasteiger partial charge in [0.2, 0.25) is 0 Å². The Morgan fingerprint density at radius 3 is 2.43 bits per heavy atom. The van der Waals surface area contributed by atoms with Crippen molar-refractivity contribution in [2.75, 3.05) is 0 Å². The second kappa shape index (κ2) is 3.38. The first-order valence-electron chi connectivity index (χ1n) is 4.21. The fourth-order valence-electron chi connectivity index (χ4n) is 1.48. The first-order chi connectivity index (χ1) is 6.83. The van der Waals surface area contributed by atoms with Gasteiger partial charge in [0.15, 0.2) is 0 Å². The van der Waals surface area contributed by atoms with Crippen molar-refractivity contribution in [3.05, 3.63) is 42.0 Å². The molecule has 0 atom stereocenters. The summed E-state index contributed by atoms with van der Waals surface area (Å²) in [5, 5.41) is 22.6. The van der Waals surface area contributed by atoms with Crippen LogP contribution in [0.15, 0.2) is 41.6 Å². The SMILES string of the molecule is O/N=C/c1ccc(O)c2ccccc12. The number of fused-ring (bicyclic) bond motifs is 1. The highest BCUT2D eigenvalue weighted by Gasteiger charge is 2.02. The Morgan fingerprint density at radius 1 is 1.00 bits per heavy atom. The lowest BCUT2D eigenvalue weighted by Crippen LogP contribution is -1.84. The summed E-state index contributed by atoms with van der Waals surface area (Å²) in [7, 11) is 0. The number of hydrogen-bond donors (Lipinski definition) is 2. The lowest BCUT2D eigenvalue weighted by Gasteiger charge is -2.02. The van der Waals surface area contributed by atoms with Gasteiger partial charge in [-0.3, -0.25) is 0 Å². The second-order valence-electron chi connectivity index (χ2n) is 2.96. The van der Waals surface area contributed by atoms with Crippen molar-refractivity contribution in [3.8, 4) is 5.75 Å². The monoisotopic (exact) mass is 187 g/mol. The molecule has 0 unspecified atom stereocenters. The second-order valence-corrected chi connectivity index (χ2v) is 2.96. The quantitative estimate of drug-likeness (QED) is 0.409. The van der Waals surface area contributed by atoms with Crippen LogP contribution in [0.1, 0.15) is 5.56 Å². The average molecular weight is 187 g/mol. The van der Waals surface area contributed by atoms with E-state index >= 15 is 0 Å².